The van der Waals surface area contributed by atoms with Gasteiger partial charge in [0.2, 0.25) is 0 Å². The van der Waals surface area contributed by atoms with E-state index in [9.17, 15) is 14.7 Å². The summed E-state index contributed by atoms with van der Waals surface area (Å²) in [5, 5.41) is 12.0. The molecule has 2 aromatic heterocycles. The Morgan fingerprint density at radius 3 is 3.00 bits per heavy atom. The Labute approximate surface area is 133 Å². The predicted octanol–water partition coefficient (Wildman–Crippen LogP) is 1.59. The van der Waals surface area contributed by atoms with Gasteiger partial charge < -0.3 is 19.7 Å². The molecule has 7 nitrogen and oxygen atoms in total. The highest BCUT2D eigenvalue weighted by Crippen LogP contribution is 2.21. The number of likely N-dealkylation sites (tertiary alicyclic amines) is 1. The van der Waals surface area contributed by atoms with Gasteiger partial charge in [-0.05, 0) is 24.0 Å². The van der Waals surface area contributed by atoms with Crippen LogP contribution in [0.25, 0.3) is 5.52 Å². The third-order valence-corrected chi connectivity index (χ3v) is 4.21. The minimum atomic E-state index is -0.833. The Morgan fingerprint density at radius 1 is 1.39 bits per heavy atom. The van der Waals surface area contributed by atoms with Crippen molar-refractivity contribution in [2.45, 2.75) is 19.9 Å². The second kappa shape index (κ2) is 6.28. The van der Waals surface area contributed by atoms with Crippen molar-refractivity contribution in [3.05, 3.63) is 36.4 Å². The first-order chi connectivity index (χ1) is 11.0. The Kier molecular flexibility index (Phi) is 4.18. The van der Waals surface area contributed by atoms with E-state index in [2.05, 4.69) is 10.3 Å². The van der Waals surface area contributed by atoms with Crippen LogP contribution in [0.4, 0.5) is 4.79 Å². The number of fused-ring (bicyclic) bond motifs is 1. The zero-order valence-electron chi connectivity index (χ0n) is 13.0. The van der Waals surface area contributed by atoms with Gasteiger partial charge in [-0.2, -0.15) is 0 Å². The highest BCUT2D eigenvalue weighted by Gasteiger charge is 2.31. The Balaban J connectivity index is 1.60. The summed E-state index contributed by atoms with van der Waals surface area (Å²) in [6.45, 7) is 3.24. The van der Waals surface area contributed by atoms with E-state index in [0.29, 0.717) is 19.5 Å². The number of imidazole rings is 1. The summed E-state index contributed by atoms with van der Waals surface area (Å²) in [6.07, 6.45) is 6.02. The molecule has 1 saturated heterocycles. The van der Waals surface area contributed by atoms with Gasteiger partial charge in [0.1, 0.15) is 0 Å². The maximum absolute atomic E-state index is 12.3. The van der Waals surface area contributed by atoms with Crippen molar-refractivity contribution in [3.63, 3.8) is 0 Å². The first-order valence-corrected chi connectivity index (χ1v) is 7.69. The molecule has 0 saturated carbocycles. The normalized spacial score (nSPS) is 21.3. The van der Waals surface area contributed by atoms with E-state index >= 15 is 0 Å². The number of rotatable bonds is 3. The molecule has 0 radical (unpaired) electrons. The zero-order valence-corrected chi connectivity index (χ0v) is 13.0. The second-order valence-electron chi connectivity index (χ2n) is 6.20. The Hall–Kier alpha value is -2.57. The zero-order chi connectivity index (χ0) is 16.4. The first-order valence-electron chi connectivity index (χ1n) is 7.69. The molecule has 2 amide bonds. The Morgan fingerprint density at radius 2 is 2.22 bits per heavy atom. The number of carbonyl (C=O) groups excluding carboxylic acids is 1. The number of amides is 2. The highest BCUT2D eigenvalue weighted by atomic mass is 16.4. The Bertz CT molecular complexity index is 727. The van der Waals surface area contributed by atoms with Crippen LogP contribution in [0, 0.1) is 11.8 Å². The maximum atomic E-state index is 12.3. The number of nitrogens with zero attached hydrogens (tertiary/aromatic N) is 3. The molecule has 1 aliphatic rings. The number of carbonyl (C=O) groups is 2. The van der Waals surface area contributed by atoms with Gasteiger partial charge in [-0.3, -0.25) is 4.79 Å². The predicted molar refractivity (Wildman–Crippen MR) is 83.9 cm³/mol. The molecule has 122 valence electrons. The number of hydrogen-bond acceptors (Lipinski definition) is 3. The molecule has 1 aliphatic heterocycles. The van der Waals surface area contributed by atoms with Crippen molar-refractivity contribution in [2.24, 2.45) is 11.8 Å². The molecule has 0 bridgehead atoms. The maximum Gasteiger partial charge on any atom is 0.317 e. The third kappa shape index (κ3) is 3.44. The number of urea groups is 1. The fourth-order valence-corrected chi connectivity index (χ4v) is 3.06. The smallest absolute Gasteiger partial charge is 0.317 e. The molecule has 3 rings (SSSR count). The van der Waals surface area contributed by atoms with E-state index in [0.717, 1.165) is 11.1 Å². The van der Waals surface area contributed by atoms with E-state index in [1.807, 2.05) is 29.7 Å². The lowest BCUT2D eigenvalue weighted by Crippen LogP contribution is -2.49. The lowest BCUT2D eigenvalue weighted by atomic mass is 9.91. The molecule has 2 unspecified atom stereocenters. The highest BCUT2D eigenvalue weighted by molar-refractivity contribution is 5.76. The molecule has 7 heteroatoms. The number of pyridine rings is 1. The minimum Gasteiger partial charge on any atom is -0.481 e. The largest absolute Gasteiger partial charge is 0.481 e. The SMILES string of the molecule is CC1CC(C(=O)O)CN(C(=O)NCc2ccc3cncn3c2)C1. The summed E-state index contributed by atoms with van der Waals surface area (Å²) in [6, 6.07) is 3.67. The summed E-state index contributed by atoms with van der Waals surface area (Å²) < 4.78 is 1.89. The second-order valence-corrected chi connectivity index (χ2v) is 6.20. The molecular formula is C16H20N4O3. The van der Waals surface area contributed by atoms with Crippen molar-refractivity contribution >= 4 is 17.5 Å². The van der Waals surface area contributed by atoms with Crippen LogP contribution in [0.3, 0.4) is 0 Å². The van der Waals surface area contributed by atoms with Gasteiger partial charge in [-0.15, -0.1) is 0 Å². The fraction of sp³-hybridized carbons (Fsp3) is 0.438. The van der Waals surface area contributed by atoms with Gasteiger partial charge in [0.05, 0.1) is 24.0 Å². The first kappa shape index (κ1) is 15.3. The molecule has 2 aromatic rings. The molecule has 0 spiro atoms. The third-order valence-electron chi connectivity index (χ3n) is 4.21. The number of aromatic nitrogens is 2. The van der Waals surface area contributed by atoms with Gasteiger partial charge in [-0.1, -0.05) is 13.0 Å². The lowest BCUT2D eigenvalue weighted by Gasteiger charge is -2.34. The molecule has 23 heavy (non-hydrogen) atoms. The van der Waals surface area contributed by atoms with E-state index < -0.39 is 11.9 Å². The van der Waals surface area contributed by atoms with Crippen LogP contribution in [0.5, 0.6) is 0 Å². The lowest BCUT2D eigenvalue weighted by molar-refractivity contribution is -0.143. The number of nitrogens with one attached hydrogen (secondary N) is 1. The molecular weight excluding hydrogens is 296 g/mol. The van der Waals surface area contributed by atoms with Crippen LogP contribution >= 0.6 is 0 Å². The topological polar surface area (TPSA) is 86.9 Å². The van der Waals surface area contributed by atoms with Gasteiger partial charge in [0.15, 0.2) is 0 Å². The van der Waals surface area contributed by atoms with Gasteiger partial charge in [0.25, 0.3) is 0 Å². The van der Waals surface area contributed by atoms with E-state index in [1.165, 1.54) is 0 Å². The average Bonchev–Trinajstić information content (AvgIpc) is 2.99. The van der Waals surface area contributed by atoms with Crippen LogP contribution in [0.1, 0.15) is 18.9 Å². The number of carboxylic acid groups (broad SMARTS) is 1. The number of carboxylic acids is 1. The molecule has 2 atom stereocenters. The van der Waals surface area contributed by atoms with Crippen LogP contribution in [-0.4, -0.2) is 44.5 Å². The molecule has 0 aromatic carbocycles. The summed E-state index contributed by atoms with van der Waals surface area (Å²) in [5.41, 5.74) is 1.96. The summed E-state index contributed by atoms with van der Waals surface area (Å²) in [5.74, 6) is -1.12. The van der Waals surface area contributed by atoms with Crippen LogP contribution in [-0.2, 0) is 11.3 Å². The summed E-state index contributed by atoms with van der Waals surface area (Å²) in [7, 11) is 0. The van der Waals surface area contributed by atoms with Crippen molar-refractivity contribution in [1.82, 2.24) is 19.6 Å². The number of aliphatic carboxylic acids is 1. The van der Waals surface area contributed by atoms with E-state index in [-0.39, 0.29) is 18.5 Å². The van der Waals surface area contributed by atoms with Crippen LogP contribution in [0.15, 0.2) is 30.9 Å². The van der Waals surface area contributed by atoms with Crippen molar-refractivity contribution in [2.75, 3.05) is 13.1 Å². The van der Waals surface area contributed by atoms with Crippen LogP contribution < -0.4 is 5.32 Å². The molecule has 0 aliphatic carbocycles. The summed E-state index contributed by atoms with van der Waals surface area (Å²) in [4.78, 5) is 29.1. The van der Waals surface area contributed by atoms with Crippen LogP contribution in [0.2, 0.25) is 0 Å². The molecule has 1 fully saturated rings. The van der Waals surface area contributed by atoms with Crippen molar-refractivity contribution in [1.29, 1.82) is 0 Å². The number of hydrogen-bond donors (Lipinski definition) is 2. The average molecular weight is 316 g/mol. The van der Waals surface area contributed by atoms with Gasteiger partial charge in [-0.25, -0.2) is 9.78 Å². The molecule has 2 N–H and O–H groups in total. The number of piperidine rings is 1. The fourth-order valence-electron chi connectivity index (χ4n) is 3.06. The van der Waals surface area contributed by atoms with Crippen molar-refractivity contribution in [3.8, 4) is 0 Å². The quantitative estimate of drug-likeness (QED) is 0.900. The standard InChI is InChI=1S/C16H20N4O3/c1-11-4-13(15(21)22)9-19(7-11)16(23)18-5-12-2-3-14-6-17-10-20(14)8-12/h2-3,6,8,10-11,13H,4-5,7,9H2,1H3,(H,18,23)(H,21,22). The van der Waals surface area contributed by atoms with Crippen molar-refractivity contribution < 1.29 is 14.7 Å². The van der Waals surface area contributed by atoms with E-state index in [4.69, 9.17) is 0 Å². The van der Waals surface area contributed by atoms with E-state index in [1.54, 1.807) is 17.4 Å². The molecule has 3 heterocycles. The monoisotopic (exact) mass is 316 g/mol. The summed E-state index contributed by atoms with van der Waals surface area (Å²) >= 11 is 0. The van der Waals surface area contributed by atoms with Gasteiger partial charge in [0, 0.05) is 25.8 Å². The van der Waals surface area contributed by atoms with Gasteiger partial charge >= 0.3 is 12.0 Å². The minimum absolute atomic E-state index is 0.192.